The minimum Gasteiger partial charge on any atom is -0.481 e. The van der Waals surface area contributed by atoms with Gasteiger partial charge in [0.2, 0.25) is 0 Å². The van der Waals surface area contributed by atoms with Gasteiger partial charge in [-0.2, -0.15) is 5.26 Å². The van der Waals surface area contributed by atoms with Crippen molar-refractivity contribution in [3.8, 4) is 6.07 Å². The van der Waals surface area contributed by atoms with Gasteiger partial charge in [-0.05, 0) is 37.7 Å². The van der Waals surface area contributed by atoms with Crippen LogP contribution in [0.15, 0.2) is 23.2 Å². The summed E-state index contributed by atoms with van der Waals surface area (Å²) >= 11 is 1.62. The number of aromatic nitrogens is 3. The Hall–Kier alpha value is -3.05. The zero-order valence-corrected chi connectivity index (χ0v) is 19.3. The molecule has 3 rings (SSSR count). The van der Waals surface area contributed by atoms with Gasteiger partial charge < -0.3 is 9.67 Å². The second-order valence-corrected chi connectivity index (χ2v) is 9.03. The summed E-state index contributed by atoms with van der Waals surface area (Å²) in [5.74, 6) is -1.25. The van der Waals surface area contributed by atoms with E-state index >= 15 is 0 Å². The van der Waals surface area contributed by atoms with Crippen LogP contribution in [0.5, 0.6) is 0 Å². The number of carbonyl (C=O) groups excluding carboxylic acids is 1. The van der Waals surface area contributed by atoms with Crippen LogP contribution >= 0.6 is 11.3 Å². The van der Waals surface area contributed by atoms with E-state index in [0.717, 1.165) is 49.9 Å². The van der Waals surface area contributed by atoms with E-state index < -0.39 is 5.97 Å². The van der Waals surface area contributed by atoms with E-state index in [1.54, 1.807) is 24.3 Å². The van der Waals surface area contributed by atoms with E-state index in [9.17, 15) is 14.9 Å². The highest BCUT2D eigenvalue weighted by Crippen LogP contribution is 2.29. The van der Waals surface area contributed by atoms with Crippen LogP contribution in [-0.4, -0.2) is 31.4 Å². The highest BCUT2D eigenvalue weighted by molar-refractivity contribution is 7.07. The van der Waals surface area contributed by atoms with E-state index in [0.29, 0.717) is 22.2 Å². The van der Waals surface area contributed by atoms with Crippen molar-refractivity contribution in [3.63, 3.8) is 0 Å². The van der Waals surface area contributed by atoms with Crippen molar-refractivity contribution in [3.05, 3.63) is 45.7 Å². The second kappa shape index (κ2) is 11.0. The molecule has 3 aromatic rings. The number of hydrogen-bond donors (Lipinski definition) is 1. The molecule has 0 amide bonds. The SMILES string of the molecule is C[C@H](CC(=O)O)CC(=O)c1c(CCCCCCc2cscn2)n(C)c2ncc(C#N)cc12. The van der Waals surface area contributed by atoms with Gasteiger partial charge in [0.15, 0.2) is 5.78 Å². The first-order valence-electron chi connectivity index (χ1n) is 10.9. The van der Waals surface area contributed by atoms with Gasteiger partial charge in [0.1, 0.15) is 11.7 Å². The molecule has 3 heterocycles. The molecule has 0 aliphatic rings. The average Bonchev–Trinajstić information content (AvgIpc) is 3.36. The fourth-order valence-corrected chi connectivity index (χ4v) is 4.72. The van der Waals surface area contributed by atoms with Crippen LogP contribution in [0.3, 0.4) is 0 Å². The molecular formula is C24H28N4O3S. The zero-order valence-electron chi connectivity index (χ0n) is 18.5. The molecule has 1 N–H and O–H groups in total. The second-order valence-electron chi connectivity index (χ2n) is 8.31. The molecule has 0 radical (unpaired) electrons. The molecule has 0 aromatic carbocycles. The third-order valence-electron chi connectivity index (χ3n) is 5.69. The van der Waals surface area contributed by atoms with Gasteiger partial charge in [-0.3, -0.25) is 9.59 Å². The van der Waals surface area contributed by atoms with Crippen molar-refractivity contribution < 1.29 is 14.7 Å². The van der Waals surface area contributed by atoms with Crippen molar-refractivity contribution in [2.45, 2.75) is 58.3 Å². The zero-order chi connectivity index (χ0) is 23.1. The van der Waals surface area contributed by atoms with Crippen LogP contribution in [0.1, 0.15) is 72.8 Å². The summed E-state index contributed by atoms with van der Waals surface area (Å²) in [6.07, 6.45) is 7.52. The normalized spacial score (nSPS) is 12.0. The van der Waals surface area contributed by atoms with E-state index in [4.69, 9.17) is 5.11 Å². The van der Waals surface area contributed by atoms with Crippen molar-refractivity contribution >= 4 is 34.1 Å². The molecule has 0 fully saturated rings. The Balaban J connectivity index is 1.75. The number of carbonyl (C=O) groups is 2. The van der Waals surface area contributed by atoms with Crippen molar-refractivity contribution in [2.24, 2.45) is 13.0 Å². The van der Waals surface area contributed by atoms with Gasteiger partial charge in [0.05, 0.1) is 16.8 Å². The maximum absolute atomic E-state index is 13.2. The van der Waals surface area contributed by atoms with E-state index in [-0.39, 0.29) is 24.5 Å². The molecule has 0 aliphatic heterocycles. The van der Waals surface area contributed by atoms with Crippen LogP contribution in [0.25, 0.3) is 11.0 Å². The number of carboxylic acids is 1. The fraction of sp³-hybridized carbons (Fsp3) is 0.458. The minimum absolute atomic E-state index is 0.0491. The lowest BCUT2D eigenvalue weighted by Gasteiger charge is -2.10. The standard InChI is InChI=1S/C24H28N4O3S/c1-16(10-22(30)31)9-21(29)23-19-11-17(12-25)13-26-24(19)28(2)20(23)8-6-4-3-5-7-18-14-32-15-27-18/h11,13-16H,3-10H2,1-2H3,(H,30,31)/t16-/m0/s1. The first-order chi connectivity index (χ1) is 15.4. The van der Waals surface area contributed by atoms with Gasteiger partial charge in [0.25, 0.3) is 0 Å². The van der Waals surface area contributed by atoms with Crippen molar-refractivity contribution in [1.29, 1.82) is 5.26 Å². The Morgan fingerprint density at radius 3 is 2.59 bits per heavy atom. The number of pyridine rings is 1. The summed E-state index contributed by atoms with van der Waals surface area (Å²) in [5, 5.41) is 21.1. The van der Waals surface area contributed by atoms with Crippen LogP contribution in [-0.2, 0) is 24.7 Å². The Bertz CT molecular complexity index is 1130. The van der Waals surface area contributed by atoms with Crippen LogP contribution in [0.2, 0.25) is 0 Å². The predicted octanol–water partition coefficient (Wildman–Crippen LogP) is 4.93. The molecule has 0 aliphatic carbocycles. The average molecular weight is 453 g/mol. The number of nitriles is 1. The Morgan fingerprint density at radius 2 is 1.94 bits per heavy atom. The molecule has 0 bridgehead atoms. The third kappa shape index (κ3) is 5.80. The largest absolute Gasteiger partial charge is 0.481 e. The molecule has 0 spiro atoms. The molecule has 0 saturated carbocycles. The number of ketones is 1. The number of fused-ring (bicyclic) bond motifs is 1. The smallest absolute Gasteiger partial charge is 0.303 e. The highest BCUT2D eigenvalue weighted by Gasteiger charge is 2.24. The molecule has 0 saturated heterocycles. The topological polar surface area (TPSA) is 109 Å². The quantitative estimate of drug-likeness (QED) is 0.308. The summed E-state index contributed by atoms with van der Waals surface area (Å²) in [7, 11) is 1.90. The van der Waals surface area contributed by atoms with Gasteiger partial charge in [-0.25, -0.2) is 9.97 Å². The summed E-state index contributed by atoms with van der Waals surface area (Å²) < 4.78 is 1.95. The maximum Gasteiger partial charge on any atom is 0.303 e. The van der Waals surface area contributed by atoms with Gasteiger partial charge >= 0.3 is 5.97 Å². The lowest BCUT2D eigenvalue weighted by atomic mass is 9.94. The third-order valence-corrected chi connectivity index (χ3v) is 6.33. The molecular weight excluding hydrogens is 424 g/mol. The van der Waals surface area contributed by atoms with E-state index in [1.807, 2.05) is 17.1 Å². The monoisotopic (exact) mass is 452 g/mol. The van der Waals surface area contributed by atoms with Gasteiger partial charge in [-0.1, -0.05) is 19.8 Å². The minimum atomic E-state index is -0.908. The van der Waals surface area contributed by atoms with Gasteiger partial charge in [-0.15, -0.1) is 11.3 Å². The number of Topliss-reactive ketones (excluding diaryl/α,β-unsaturated/α-hetero) is 1. The van der Waals surface area contributed by atoms with Crippen molar-refractivity contribution in [2.75, 3.05) is 0 Å². The molecule has 0 unspecified atom stereocenters. The Labute approximate surface area is 191 Å². The molecule has 32 heavy (non-hydrogen) atoms. The number of carboxylic acid groups (broad SMARTS) is 1. The molecule has 8 heteroatoms. The number of rotatable bonds is 12. The summed E-state index contributed by atoms with van der Waals surface area (Å²) in [5.41, 5.74) is 5.59. The predicted molar refractivity (Wildman–Crippen MR) is 124 cm³/mol. The van der Waals surface area contributed by atoms with Crippen molar-refractivity contribution in [1.82, 2.24) is 14.5 Å². The first-order valence-corrected chi connectivity index (χ1v) is 11.8. The highest BCUT2D eigenvalue weighted by atomic mass is 32.1. The molecule has 1 atom stereocenters. The number of thiazole rings is 1. The number of aliphatic carboxylic acids is 1. The van der Waals surface area contributed by atoms with E-state index in [1.165, 1.54) is 6.20 Å². The van der Waals surface area contributed by atoms with Gasteiger partial charge in [0, 0.05) is 48.1 Å². The lowest BCUT2D eigenvalue weighted by molar-refractivity contribution is -0.137. The number of unbranched alkanes of at least 4 members (excludes halogenated alkanes) is 3. The summed E-state index contributed by atoms with van der Waals surface area (Å²) in [6, 6.07) is 3.81. The Morgan fingerprint density at radius 1 is 1.19 bits per heavy atom. The fourth-order valence-electron chi connectivity index (χ4n) is 4.13. The Kier molecular flexibility index (Phi) is 8.12. The number of aryl methyl sites for hydroxylation is 2. The summed E-state index contributed by atoms with van der Waals surface area (Å²) in [4.78, 5) is 33.0. The lowest BCUT2D eigenvalue weighted by Crippen LogP contribution is -2.12. The molecule has 7 nitrogen and oxygen atoms in total. The number of hydrogen-bond acceptors (Lipinski definition) is 6. The first kappa shape index (κ1) is 23.6. The van der Waals surface area contributed by atoms with E-state index in [2.05, 4.69) is 21.4 Å². The molecule has 168 valence electrons. The van der Waals surface area contributed by atoms with Crippen LogP contribution in [0, 0.1) is 17.2 Å². The molecule has 3 aromatic heterocycles. The maximum atomic E-state index is 13.2. The summed E-state index contributed by atoms with van der Waals surface area (Å²) in [6.45, 7) is 1.78. The number of nitrogens with zero attached hydrogens (tertiary/aromatic N) is 4. The van der Waals surface area contributed by atoms with Crippen LogP contribution < -0.4 is 0 Å². The van der Waals surface area contributed by atoms with Crippen LogP contribution in [0.4, 0.5) is 0 Å².